The molecule has 0 spiro atoms. The summed E-state index contributed by atoms with van der Waals surface area (Å²) in [6.45, 7) is 7.98. The fourth-order valence-electron chi connectivity index (χ4n) is 1.01. The minimum absolute atomic E-state index is 0.205. The summed E-state index contributed by atoms with van der Waals surface area (Å²) >= 11 is 0. The maximum absolute atomic E-state index is 11.3. The zero-order valence-corrected chi connectivity index (χ0v) is 11.9. The molecule has 19 heavy (non-hydrogen) atoms. The fourth-order valence-corrected chi connectivity index (χ4v) is 1.01. The number of amides is 1. The predicted octanol–water partition coefficient (Wildman–Crippen LogP) is 1.01. The molecule has 0 aliphatic rings. The Morgan fingerprint density at radius 3 is 2.26 bits per heavy atom. The quantitative estimate of drug-likeness (QED) is 0.594. The number of carbonyl (C=O) groups excluding carboxylic acids is 3. The van der Waals surface area contributed by atoms with E-state index in [0.717, 1.165) is 0 Å². The Balaban J connectivity index is 3.99. The van der Waals surface area contributed by atoms with Crippen molar-refractivity contribution in [2.75, 3.05) is 13.2 Å². The summed E-state index contributed by atoms with van der Waals surface area (Å²) in [7, 11) is 0. The second-order valence-electron chi connectivity index (χ2n) is 4.74. The Bertz CT molecular complexity index is 334. The third kappa shape index (κ3) is 8.87. The van der Waals surface area contributed by atoms with Crippen LogP contribution >= 0.6 is 0 Å². The molecule has 0 aliphatic heterocycles. The van der Waals surface area contributed by atoms with Gasteiger partial charge in [0.2, 0.25) is 0 Å². The molecular formula is C12H21NO6. The molecular weight excluding hydrogens is 254 g/mol. The number of carbonyl (C=O) groups is 3. The summed E-state index contributed by atoms with van der Waals surface area (Å²) in [5.41, 5.74) is -0.647. The van der Waals surface area contributed by atoms with E-state index in [0.29, 0.717) is 0 Å². The van der Waals surface area contributed by atoms with Crippen LogP contribution in [0, 0.1) is 0 Å². The Morgan fingerprint density at radius 1 is 1.21 bits per heavy atom. The zero-order chi connectivity index (χ0) is 15.1. The molecule has 0 saturated heterocycles. The molecule has 1 atom stereocenters. The standard InChI is InChI=1S/C12H21NO6/c1-6-17-10(15)8(2)18-9(14)7-13-11(16)19-12(3,4)5/h8H,6-7H2,1-5H3,(H,13,16). The van der Waals surface area contributed by atoms with Crippen LogP contribution in [0.3, 0.4) is 0 Å². The van der Waals surface area contributed by atoms with Gasteiger partial charge in [0.15, 0.2) is 6.10 Å². The molecule has 0 fully saturated rings. The van der Waals surface area contributed by atoms with Crippen molar-refractivity contribution in [3.05, 3.63) is 0 Å². The lowest BCUT2D eigenvalue weighted by Gasteiger charge is -2.19. The first-order valence-electron chi connectivity index (χ1n) is 5.98. The lowest BCUT2D eigenvalue weighted by molar-refractivity contribution is -0.165. The highest BCUT2D eigenvalue weighted by Crippen LogP contribution is 2.06. The Labute approximate surface area is 112 Å². The van der Waals surface area contributed by atoms with Gasteiger partial charge >= 0.3 is 18.0 Å². The average Bonchev–Trinajstić information content (AvgIpc) is 2.24. The van der Waals surface area contributed by atoms with Crippen molar-refractivity contribution in [1.29, 1.82) is 0 Å². The summed E-state index contributed by atoms with van der Waals surface area (Å²) in [5.74, 6) is -1.38. The highest BCUT2D eigenvalue weighted by molar-refractivity contribution is 5.82. The maximum atomic E-state index is 11.3. The van der Waals surface area contributed by atoms with Gasteiger partial charge in [-0.2, -0.15) is 0 Å². The molecule has 110 valence electrons. The molecule has 0 aromatic rings. The van der Waals surface area contributed by atoms with E-state index in [1.165, 1.54) is 6.92 Å². The second kappa shape index (κ2) is 7.60. The number of rotatable bonds is 5. The molecule has 1 N–H and O–H groups in total. The number of alkyl carbamates (subject to hydrolysis) is 1. The van der Waals surface area contributed by atoms with E-state index < -0.39 is 29.7 Å². The third-order valence-electron chi connectivity index (χ3n) is 1.70. The summed E-state index contributed by atoms with van der Waals surface area (Å²) in [6, 6.07) is 0. The van der Waals surface area contributed by atoms with Crippen molar-refractivity contribution < 1.29 is 28.6 Å². The zero-order valence-electron chi connectivity index (χ0n) is 11.9. The van der Waals surface area contributed by atoms with Gasteiger partial charge in [0.25, 0.3) is 0 Å². The van der Waals surface area contributed by atoms with Gasteiger partial charge in [0, 0.05) is 0 Å². The van der Waals surface area contributed by atoms with Crippen molar-refractivity contribution in [3.63, 3.8) is 0 Å². The van der Waals surface area contributed by atoms with E-state index >= 15 is 0 Å². The van der Waals surface area contributed by atoms with E-state index in [1.54, 1.807) is 27.7 Å². The van der Waals surface area contributed by atoms with Crippen molar-refractivity contribution in [2.45, 2.75) is 46.3 Å². The minimum Gasteiger partial charge on any atom is -0.463 e. The van der Waals surface area contributed by atoms with Crippen molar-refractivity contribution in [2.24, 2.45) is 0 Å². The molecule has 0 saturated carbocycles. The largest absolute Gasteiger partial charge is 0.463 e. The van der Waals surface area contributed by atoms with Crippen LogP contribution in [-0.4, -0.2) is 42.9 Å². The van der Waals surface area contributed by atoms with Gasteiger partial charge in [-0.15, -0.1) is 0 Å². The number of hydrogen-bond acceptors (Lipinski definition) is 6. The van der Waals surface area contributed by atoms with Crippen LogP contribution in [0.15, 0.2) is 0 Å². The van der Waals surface area contributed by atoms with Gasteiger partial charge in [0.05, 0.1) is 6.61 Å². The summed E-state index contributed by atoms with van der Waals surface area (Å²) in [4.78, 5) is 33.8. The van der Waals surface area contributed by atoms with Gasteiger partial charge in [-0.05, 0) is 34.6 Å². The smallest absolute Gasteiger partial charge is 0.408 e. The topological polar surface area (TPSA) is 90.9 Å². The van der Waals surface area contributed by atoms with E-state index in [4.69, 9.17) is 9.47 Å². The fraction of sp³-hybridized carbons (Fsp3) is 0.750. The number of hydrogen-bond donors (Lipinski definition) is 1. The van der Waals surface area contributed by atoms with Crippen molar-refractivity contribution in [3.8, 4) is 0 Å². The summed E-state index contributed by atoms with van der Waals surface area (Å²) in [5, 5.41) is 2.23. The molecule has 7 nitrogen and oxygen atoms in total. The first-order valence-corrected chi connectivity index (χ1v) is 5.98. The molecule has 7 heteroatoms. The first kappa shape index (κ1) is 17.2. The minimum atomic E-state index is -1.01. The van der Waals surface area contributed by atoms with E-state index in [1.807, 2.05) is 0 Å². The molecule has 1 unspecified atom stereocenters. The molecule has 0 rings (SSSR count). The average molecular weight is 275 g/mol. The van der Waals surface area contributed by atoms with Crippen LogP contribution in [0.25, 0.3) is 0 Å². The van der Waals surface area contributed by atoms with Crippen molar-refractivity contribution >= 4 is 18.0 Å². The van der Waals surface area contributed by atoms with Crippen LogP contribution < -0.4 is 5.32 Å². The summed E-state index contributed by atoms with van der Waals surface area (Å²) in [6.07, 6.45) is -1.74. The van der Waals surface area contributed by atoms with Crippen LogP contribution in [0.1, 0.15) is 34.6 Å². The monoisotopic (exact) mass is 275 g/mol. The first-order chi connectivity index (χ1) is 8.65. The molecule has 0 aliphatic carbocycles. The number of nitrogens with one attached hydrogen (secondary N) is 1. The van der Waals surface area contributed by atoms with Gasteiger partial charge in [-0.1, -0.05) is 0 Å². The van der Waals surface area contributed by atoms with Crippen LogP contribution in [0.5, 0.6) is 0 Å². The normalized spacial score (nSPS) is 12.3. The molecule has 1 amide bonds. The van der Waals surface area contributed by atoms with Crippen molar-refractivity contribution in [1.82, 2.24) is 5.32 Å². The Hall–Kier alpha value is -1.79. The number of esters is 2. The van der Waals surface area contributed by atoms with E-state index in [9.17, 15) is 14.4 Å². The molecule has 0 heterocycles. The van der Waals surface area contributed by atoms with Gasteiger partial charge < -0.3 is 19.5 Å². The SMILES string of the molecule is CCOC(=O)C(C)OC(=O)CNC(=O)OC(C)(C)C. The number of ether oxygens (including phenoxy) is 3. The van der Waals surface area contributed by atoms with Crippen LogP contribution in [0.4, 0.5) is 4.79 Å². The Kier molecular flexibility index (Phi) is 6.89. The highest BCUT2D eigenvalue weighted by atomic mass is 16.6. The van der Waals surface area contributed by atoms with E-state index in [2.05, 4.69) is 10.1 Å². The maximum Gasteiger partial charge on any atom is 0.408 e. The summed E-state index contributed by atoms with van der Waals surface area (Å²) < 4.78 is 14.4. The lowest BCUT2D eigenvalue weighted by Crippen LogP contribution is -2.37. The Morgan fingerprint density at radius 2 is 1.79 bits per heavy atom. The lowest BCUT2D eigenvalue weighted by atomic mass is 10.2. The molecule has 0 aromatic carbocycles. The van der Waals surface area contributed by atoms with Gasteiger partial charge in [-0.3, -0.25) is 4.79 Å². The van der Waals surface area contributed by atoms with E-state index in [-0.39, 0.29) is 13.2 Å². The second-order valence-corrected chi connectivity index (χ2v) is 4.74. The van der Waals surface area contributed by atoms with Crippen LogP contribution in [0.2, 0.25) is 0 Å². The van der Waals surface area contributed by atoms with Gasteiger partial charge in [-0.25, -0.2) is 9.59 Å². The molecule has 0 radical (unpaired) electrons. The van der Waals surface area contributed by atoms with Gasteiger partial charge in [0.1, 0.15) is 12.1 Å². The highest BCUT2D eigenvalue weighted by Gasteiger charge is 2.20. The molecule has 0 bridgehead atoms. The van der Waals surface area contributed by atoms with Crippen LogP contribution in [-0.2, 0) is 23.8 Å². The molecule has 0 aromatic heterocycles. The predicted molar refractivity (Wildman–Crippen MR) is 66.4 cm³/mol. The third-order valence-corrected chi connectivity index (χ3v) is 1.70.